The lowest BCUT2D eigenvalue weighted by atomic mass is 10.2. The first-order valence-corrected chi connectivity index (χ1v) is 8.93. The molecule has 2 N–H and O–H groups in total. The number of nitrogens with zero attached hydrogens (tertiary/aromatic N) is 2. The first-order chi connectivity index (χ1) is 12.6. The summed E-state index contributed by atoms with van der Waals surface area (Å²) in [6.45, 7) is 6.68. The third-order valence-electron chi connectivity index (χ3n) is 4.46. The number of hydrogen-bond acceptors (Lipinski definition) is 5. The van der Waals surface area contributed by atoms with Crippen LogP contribution in [0.4, 0.5) is 4.39 Å². The summed E-state index contributed by atoms with van der Waals surface area (Å²) in [5.41, 5.74) is 3.40. The van der Waals surface area contributed by atoms with Crippen molar-refractivity contribution in [3.63, 3.8) is 0 Å². The second kappa shape index (κ2) is 8.27. The lowest BCUT2D eigenvalue weighted by Gasteiger charge is -2.20. The third kappa shape index (κ3) is 4.38. The van der Waals surface area contributed by atoms with Crippen molar-refractivity contribution >= 4 is 11.0 Å². The minimum absolute atomic E-state index is 0.0154. The van der Waals surface area contributed by atoms with E-state index in [2.05, 4.69) is 27.5 Å². The monoisotopic (exact) mass is 356 g/mol. The van der Waals surface area contributed by atoms with Gasteiger partial charge in [-0.05, 0) is 38.5 Å². The van der Waals surface area contributed by atoms with E-state index in [0.717, 1.165) is 29.6 Å². The number of ether oxygens (including phenoxy) is 1. The molecule has 1 saturated heterocycles. The summed E-state index contributed by atoms with van der Waals surface area (Å²) < 4.78 is 20.1. The van der Waals surface area contributed by atoms with E-state index < -0.39 is 0 Å². The quantitative estimate of drug-likeness (QED) is 0.612. The molecule has 1 aromatic heterocycles. The van der Waals surface area contributed by atoms with Crippen molar-refractivity contribution in [1.82, 2.24) is 20.6 Å². The molecule has 6 heteroatoms. The average Bonchev–Trinajstić information content (AvgIpc) is 3.06. The number of hydrogen-bond donors (Lipinski definition) is 2. The second-order valence-corrected chi connectivity index (χ2v) is 6.58. The highest BCUT2D eigenvalue weighted by Gasteiger charge is 2.24. The maximum atomic E-state index is 14.1. The van der Waals surface area contributed by atoms with E-state index in [9.17, 15) is 4.39 Å². The number of rotatable bonds is 6. The van der Waals surface area contributed by atoms with Gasteiger partial charge >= 0.3 is 0 Å². The minimum atomic E-state index is -0.325. The van der Waals surface area contributed by atoms with E-state index in [1.807, 2.05) is 31.2 Å². The highest BCUT2D eigenvalue weighted by molar-refractivity contribution is 5.74. The van der Waals surface area contributed by atoms with Crippen LogP contribution in [0.5, 0.6) is 0 Å². The van der Waals surface area contributed by atoms with Crippen LogP contribution in [0.1, 0.15) is 32.8 Å². The van der Waals surface area contributed by atoms with Gasteiger partial charge in [-0.2, -0.15) is 0 Å². The Balaban J connectivity index is 1.69. The number of halogens is 1. The fourth-order valence-corrected chi connectivity index (χ4v) is 3.11. The summed E-state index contributed by atoms with van der Waals surface area (Å²) in [6, 6.07) is 6.31. The zero-order valence-corrected chi connectivity index (χ0v) is 15.4. The standard InChI is InChI=1S/C20H25FN4O/c1-4-17(20(14(3)21)26-16-9-13(2)24-12-16)25-11-15-5-6-18-19(10-15)23-8-7-22-18/h4-8,10,13,16,24-25H,9,11-12H2,1-3H3/b17-4+,20-14-/t13-,16?/m1/s1. The van der Waals surface area contributed by atoms with Gasteiger partial charge in [-0.1, -0.05) is 12.1 Å². The van der Waals surface area contributed by atoms with E-state index in [-0.39, 0.29) is 17.7 Å². The molecule has 3 rings (SSSR count). The Labute approximate surface area is 153 Å². The van der Waals surface area contributed by atoms with Crippen LogP contribution in [-0.4, -0.2) is 28.7 Å². The van der Waals surface area contributed by atoms with Gasteiger partial charge in [-0.3, -0.25) is 9.97 Å². The Bertz CT molecular complexity index is 829. The average molecular weight is 356 g/mol. The van der Waals surface area contributed by atoms with Crippen molar-refractivity contribution in [2.75, 3.05) is 6.54 Å². The summed E-state index contributed by atoms with van der Waals surface area (Å²) in [7, 11) is 0. The molecule has 26 heavy (non-hydrogen) atoms. The minimum Gasteiger partial charge on any atom is -0.484 e. The molecule has 0 aliphatic carbocycles. The maximum absolute atomic E-state index is 14.1. The molecule has 2 atom stereocenters. The predicted octanol–water partition coefficient (Wildman–Crippen LogP) is 3.59. The van der Waals surface area contributed by atoms with Gasteiger partial charge in [-0.15, -0.1) is 0 Å². The Morgan fingerprint density at radius 1 is 1.35 bits per heavy atom. The molecule has 1 fully saturated rings. The van der Waals surface area contributed by atoms with Gasteiger partial charge in [-0.25, -0.2) is 4.39 Å². The van der Waals surface area contributed by atoms with E-state index in [1.165, 1.54) is 6.92 Å². The van der Waals surface area contributed by atoms with Crippen molar-refractivity contribution in [2.45, 2.75) is 45.9 Å². The van der Waals surface area contributed by atoms with Crippen LogP contribution < -0.4 is 10.6 Å². The Hall–Kier alpha value is -2.47. The lowest BCUT2D eigenvalue weighted by molar-refractivity contribution is 0.127. The molecule has 138 valence electrons. The number of aromatic nitrogens is 2. The number of nitrogens with one attached hydrogen (secondary N) is 2. The Kier molecular flexibility index (Phi) is 5.83. The molecule has 1 unspecified atom stereocenters. The van der Waals surface area contributed by atoms with Crippen LogP contribution >= 0.6 is 0 Å². The summed E-state index contributed by atoms with van der Waals surface area (Å²) in [5, 5.41) is 6.61. The fourth-order valence-electron chi connectivity index (χ4n) is 3.11. The lowest BCUT2D eigenvalue weighted by Crippen LogP contribution is -2.22. The van der Waals surface area contributed by atoms with Crippen molar-refractivity contribution in [2.24, 2.45) is 0 Å². The van der Waals surface area contributed by atoms with Crippen LogP contribution in [0.2, 0.25) is 0 Å². The summed E-state index contributed by atoms with van der Waals surface area (Å²) >= 11 is 0. The van der Waals surface area contributed by atoms with Crippen LogP contribution in [0.25, 0.3) is 11.0 Å². The number of fused-ring (bicyclic) bond motifs is 1. The van der Waals surface area contributed by atoms with Gasteiger partial charge in [0.25, 0.3) is 0 Å². The molecule has 1 aliphatic rings. The first kappa shape index (κ1) is 18.3. The van der Waals surface area contributed by atoms with Crippen molar-refractivity contribution in [3.8, 4) is 0 Å². The largest absolute Gasteiger partial charge is 0.484 e. The summed E-state index contributed by atoms with van der Waals surface area (Å²) in [6.07, 6.45) is 6.05. The molecule has 0 amide bonds. The Morgan fingerprint density at radius 2 is 2.12 bits per heavy atom. The van der Waals surface area contributed by atoms with Crippen molar-refractivity contribution < 1.29 is 9.13 Å². The van der Waals surface area contributed by atoms with Gasteiger partial charge in [0.05, 0.1) is 16.7 Å². The van der Waals surface area contributed by atoms with E-state index in [4.69, 9.17) is 4.74 Å². The molecule has 0 bridgehead atoms. The van der Waals surface area contributed by atoms with Gasteiger partial charge in [0.2, 0.25) is 0 Å². The van der Waals surface area contributed by atoms with E-state index >= 15 is 0 Å². The molecule has 5 nitrogen and oxygen atoms in total. The van der Waals surface area contributed by atoms with Crippen LogP contribution in [0, 0.1) is 0 Å². The molecule has 2 aromatic rings. The molecule has 1 aliphatic heterocycles. The maximum Gasteiger partial charge on any atom is 0.173 e. The number of allylic oxidation sites excluding steroid dienone is 2. The van der Waals surface area contributed by atoms with Gasteiger partial charge < -0.3 is 15.4 Å². The van der Waals surface area contributed by atoms with Crippen LogP contribution in [0.3, 0.4) is 0 Å². The van der Waals surface area contributed by atoms with E-state index in [0.29, 0.717) is 18.3 Å². The smallest absolute Gasteiger partial charge is 0.173 e. The van der Waals surface area contributed by atoms with Crippen LogP contribution in [0.15, 0.2) is 54.0 Å². The van der Waals surface area contributed by atoms with Gasteiger partial charge in [0.1, 0.15) is 11.9 Å². The van der Waals surface area contributed by atoms with Gasteiger partial charge in [0.15, 0.2) is 5.76 Å². The first-order valence-electron chi connectivity index (χ1n) is 8.93. The molecule has 0 saturated carbocycles. The molecular weight excluding hydrogens is 331 g/mol. The topological polar surface area (TPSA) is 59.1 Å². The van der Waals surface area contributed by atoms with E-state index in [1.54, 1.807) is 12.4 Å². The van der Waals surface area contributed by atoms with Gasteiger partial charge in [0, 0.05) is 37.9 Å². The SMILES string of the molecule is C/C=C(NCc1ccc2nccnc2c1)\C(OC1CN[C@H](C)C1)=C(/C)F. The predicted molar refractivity (Wildman–Crippen MR) is 101 cm³/mol. The normalized spacial score (nSPS) is 21.6. The molecular formula is C20H25FN4O. The van der Waals surface area contributed by atoms with Crippen molar-refractivity contribution in [3.05, 3.63) is 59.5 Å². The van der Waals surface area contributed by atoms with Crippen molar-refractivity contribution in [1.29, 1.82) is 0 Å². The third-order valence-corrected chi connectivity index (χ3v) is 4.46. The highest BCUT2D eigenvalue weighted by atomic mass is 19.1. The summed E-state index contributed by atoms with van der Waals surface area (Å²) in [5.74, 6) is -0.0384. The van der Waals surface area contributed by atoms with Crippen LogP contribution in [-0.2, 0) is 11.3 Å². The fraction of sp³-hybridized carbons (Fsp3) is 0.400. The molecule has 2 heterocycles. The summed E-state index contributed by atoms with van der Waals surface area (Å²) in [4.78, 5) is 8.59. The number of benzene rings is 1. The highest BCUT2D eigenvalue weighted by Crippen LogP contribution is 2.22. The Morgan fingerprint density at radius 3 is 2.77 bits per heavy atom. The second-order valence-electron chi connectivity index (χ2n) is 6.58. The zero-order chi connectivity index (χ0) is 18.5. The molecule has 1 aromatic carbocycles. The molecule has 0 spiro atoms. The molecule has 0 radical (unpaired) electrons. The zero-order valence-electron chi connectivity index (χ0n) is 15.4.